The van der Waals surface area contributed by atoms with Gasteiger partial charge in [-0.2, -0.15) is 0 Å². The second-order valence-electron chi connectivity index (χ2n) is 9.25. The number of hydrogen-bond donors (Lipinski definition) is 2. The summed E-state index contributed by atoms with van der Waals surface area (Å²) in [5.74, 6) is 0.588. The lowest BCUT2D eigenvalue weighted by Gasteiger charge is -2.31. The van der Waals surface area contributed by atoms with Gasteiger partial charge >= 0.3 is 6.09 Å². The molecule has 2 amide bonds. The smallest absolute Gasteiger partial charge is 0.408 e. The fourth-order valence-corrected chi connectivity index (χ4v) is 3.99. The van der Waals surface area contributed by atoms with Gasteiger partial charge in [-0.15, -0.1) is 0 Å². The Morgan fingerprint density at radius 3 is 2.55 bits per heavy atom. The van der Waals surface area contributed by atoms with E-state index in [-0.39, 0.29) is 17.9 Å². The van der Waals surface area contributed by atoms with E-state index in [4.69, 9.17) is 4.74 Å². The number of carbonyl (C=O) groups excluding carboxylic acids is 2. The van der Waals surface area contributed by atoms with Crippen LogP contribution in [0.2, 0.25) is 0 Å². The molecule has 2 heterocycles. The number of nitrogens with one attached hydrogen (secondary N) is 2. The number of hydrogen-bond acceptors (Lipinski definition) is 4. The molecule has 168 valence electrons. The molecule has 1 aromatic heterocycles. The van der Waals surface area contributed by atoms with Gasteiger partial charge < -0.3 is 19.9 Å². The summed E-state index contributed by atoms with van der Waals surface area (Å²) < 4.78 is 6.38. The minimum absolute atomic E-state index is 0.0730. The Morgan fingerprint density at radius 2 is 1.94 bits per heavy atom. The summed E-state index contributed by atoms with van der Waals surface area (Å²) in [6.07, 6.45) is 2.95. The summed E-state index contributed by atoms with van der Waals surface area (Å²) in [4.78, 5) is 35.5. The third-order valence-electron chi connectivity index (χ3n) is 5.21. The summed E-state index contributed by atoms with van der Waals surface area (Å²) in [6, 6.07) is 7.19. The number of rotatable bonds is 5. The van der Waals surface area contributed by atoms with Gasteiger partial charge in [0.2, 0.25) is 5.91 Å². The molecule has 1 aliphatic heterocycles. The van der Waals surface area contributed by atoms with Gasteiger partial charge in [-0.25, -0.2) is 9.78 Å². The van der Waals surface area contributed by atoms with E-state index in [2.05, 4.69) is 31.2 Å². The summed E-state index contributed by atoms with van der Waals surface area (Å²) in [5, 5.41) is 2.77. The zero-order valence-electron chi connectivity index (χ0n) is 18.7. The first-order valence-electron chi connectivity index (χ1n) is 10.7. The first-order chi connectivity index (χ1) is 14.5. The van der Waals surface area contributed by atoms with E-state index in [0.717, 1.165) is 34.4 Å². The van der Waals surface area contributed by atoms with Gasteiger partial charge in [0.25, 0.3) is 0 Å². The van der Waals surface area contributed by atoms with Crippen molar-refractivity contribution in [1.29, 1.82) is 0 Å². The van der Waals surface area contributed by atoms with E-state index in [9.17, 15) is 9.59 Å². The number of carbonyl (C=O) groups is 2. The summed E-state index contributed by atoms with van der Waals surface area (Å²) in [5.41, 5.74) is 1.32. The molecule has 2 aromatic rings. The van der Waals surface area contributed by atoms with E-state index in [1.54, 1.807) is 27.0 Å². The molecule has 0 radical (unpaired) electrons. The van der Waals surface area contributed by atoms with Crippen LogP contribution in [0.25, 0.3) is 11.3 Å². The molecule has 0 saturated carbocycles. The minimum Gasteiger partial charge on any atom is -0.444 e. The number of amides is 2. The molecular formula is C23H31BrN4O3. The van der Waals surface area contributed by atoms with Crippen LogP contribution in [0.3, 0.4) is 0 Å². The Kier molecular flexibility index (Phi) is 7.09. The maximum Gasteiger partial charge on any atom is 0.408 e. The van der Waals surface area contributed by atoms with Gasteiger partial charge in [-0.05, 0) is 57.2 Å². The average molecular weight is 491 g/mol. The topological polar surface area (TPSA) is 87.3 Å². The monoisotopic (exact) mass is 490 g/mol. The average Bonchev–Trinajstić information content (AvgIpc) is 3.33. The lowest BCUT2D eigenvalue weighted by Crippen LogP contribution is -2.52. The number of halogens is 1. The van der Waals surface area contributed by atoms with E-state index >= 15 is 0 Å². The first-order valence-corrected chi connectivity index (χ1v) is 11.5. The van der Waals surface area contributed by atoms with Crippen molar-refractivity contribution in [2.45, 2.75) is 65.1 Å². The Labute approximate surface area is 192 Å². The number of aromatic nitrogens is 2. The molecule has 2 unspecified atom stereocenters. The number of nitrogens with zero attached hydrogens (tertiary/aromatic N) is 2. The molecule has 2 atom stereocenters. The van der Waals surface area contributed by atoms with Crippen molar-refractivity contribution < 1.29 is 14.3 Å². The van der Waals surface area contributed by atoms with Crippen molar-refractivity contribution in [2.75, 3.05) is 6.54 Å². The standard InChI is InChI=1S/C23H31BrN4O3/c1-14(2)19(27-22(30)31-23(3,4)5)21(29)28-12-6-7-18(28)20-25-13-17(26-20)15-8-10-16(24)11-9-15/h8-11,13-14,18-19H,6-7,12H2,1-5H3,(H,25,26)(H,27,30). The van der Waals surface area contributed by atoms with Crippen molar-refractivity contribution in [2.24, 2.45) is 5.92 Å². The molecule has 3 rings (SSSR count). The van der Waals surface area contributed by atoms with Crippen LogP contribution in [0.4, 0.5) is 4.79 Å². The van der Waals surface area contributed by atoms with E-state index in [1.807, 2.05) is 43.0 Å². The highest BCUT2D eigenvalue weighted by atomic mass is 79.9. The third kappa shape index (κ3) is 5.87. The second kappa shape index (κ2) is 9.42. The van der Waals surface area contributed by atoms with Gasteiger partial charge in [0, 0.05) is 11.0 Å². The van der Waals surface area contributed by atoms with Crippen LogP contribution in [-0.2, 0) is 9.53 Å². The summed E-state index contributed by atoms with van der Waals surface area (Å²) in [6.45, 7) is 9.88. The third-order valence-corrected chi connectivity index (χ3v) is 5.74. The zero-order chi connectivity index (χ0) is 22.8. The van der Waals surface area contributed by atoms with Gasteiger partial charge in [0.1, 0.15) is 17.5 Å². The SMILES string of the molecule is CC(C)C(NC(=O)OC(C)(C)C)C(=O)N1CCCC1c1ncc(-c2ccc(Br)cc2)[nH]1. The van der Waals surface area contributed by atoms with Crippen LogP contribution in [0.1, 0.15) is 59.3 Å². The number of imidazole rings is 1. The second-order valence-corrected chi connectivity index (χ2v) is 10.2. The number of aromatic amines is 1. The molecule has 0 aliphatic carbocycles. The molecule has 31 heavy (non-hydrogen) atoms. The quantitative estimate of drug-likeness (QED) is 0.613. The molecular weight excluding hydrogens is 460 g/mol. The number of H-pyrrole nitrogens is 1. The normalized spacial score (nSPS) is 17.6. The molecule has 1 fully saturated rings. The lowest BCUT2D eigenvalue weighted by molar-refractivity contribution is -0.135. The Hall–Kier alpha value is -2.35. The molecule has 0 spiro atoms. The number of ether oxygens (including phenoxy) is 1. The molecule has 2 N–H and O–H groups in total. The predicted octanol–water partition coefficient (Wildman–Crippen LogP) is 5.05. The molecule has 1 saturated heterocycles. The lowest BCUT2D eigenvalue weighted by atomic mass is 10.0. The van der Waals surface area contributed by atoms with Crippen LogP contribution in [-0.4, -0.2) is 45.1 Å². The van der Waals surface area contributed by atoms with Crippen molar-refractivity contribution >= 4 is 27.9 Å². The van der Waals surface area contributed by atoms with Gasteiger partial charge in [0.15, 0.2) is 0 Å². The van der Waals surface area contributed by atoms with Gasteiger partial charge in [0.05, 0.1) is 17.9 Å². The summed E-state index contributed by atoms with van der Waals surface area (Å²) >= 11 is 3.45. The fraction of sp³-hybridized carbons (Fsp3) is 0.522. The molecule has 1 aliphatic rings. The molecule has 7 nitrogen and oxygen atoms in total. The highest BCUT2D eigenvalue weighted by Crippen LogP contribution is 2.32. The van der Waals surface area contributed by atoms with E-state index in [1.165, 1.54) is 0 Å². The van der Waals surface area contributed by atoms with E-state index < -0.39 is 17.7 Å². The van der Waals surface area contributed by atoms with Crippen LogP contribution in [0.5, 0.6) is 0 Å². The van der Waals surface area contributed by atoms with Crippen molar-refractivity contribution in [3.8, 4) is 11.3 Å². The number of benzene rings is 1. The molecule has 1 aromatic carbocycles. The first kappa shape index (κ1) is 23.3. The Balaban J connectivity index is 1.76. The van der Waals surface area contributed by atoms with Gasteiger partial charge in [-0.1, -0.05) is 41.9 Å². The minimum atomic E-state index is -0.656. The Bertz CT molecular complexity index is 918. The summed E-state index contributed by atoms with van der Waals surface area (Å²) in [7, 11) is 0. The van der Waals surface area contributed by atoms with Crippen LogP contribution in [0, 0.1) is 5.92 Å². The highest BCUT2D eigenvalue weighted by molar-refractivity contribution is 9.10. The van der Waals surface area contributed by atoms with Gasteiger partial charge in [-0.3, -0.25) is 4.79 Å². The van der Waals surface area contributed by atoms with Crippen molar-refractivity contribution in [3.63, 3.8) is 0 Å². The van der Waals surface area contributed by atoms with Crippen LogP contribution >= 0.6 is 15.9 Å². The largest absolute Gasteiger partial charge is 0.444 e. The molecule has 0 bridgehead atoms. The number of alkyl carbamates (subject to hydrolysis) is 1. The Morgan fingerprint density at radius 1 is 1.26 bits per heavy atom. The van der Waals surface area contributed by atoms with Crippen LogP contribution in [0.15, 0.2) is 34.9 Å². The van der Waals surface area contributed by atoms with E-state index in [0.29, 0.717) is 6.54 Å². The number of likely N-dealkylation sites (tertiary alicyclic amines) is 1. The fourth-order valence-electron chi connectivity index (χ4n) is 3.72. The van der Waals surface area contributed by atoms with Crippen molar-refractivity contribution in [3.05, 3.63) is 40.8 Å². The zero-order valence-corrected chi connectivity index (χ0v) is 20.3. The maximum absolute atomic E-state index is 13.4. The van der Waals surface area contributed by atoms with Crippen molar-refractivity contribution in [1.82, 2.24) is 20.2 Å². The maximum atomic E-state index is 13.4. The van der Waals surface area contributed by atoms with Crippen LogP contribution < -0.4 is 5.32 Å². The predicted molar refractivity (Wildman–Crippen MR) is 123 cm³/mol. The molecule has 8 heteroatoms. The highest BCUT2D eigenvalue weighted by Gasteiger charge is 2.37.